The van der Waals surface area contributed by atoms with Gasteiger partial charge in [0.25, 0.3) is 10.0 Å². The van der Waals surface area contributed by atoms with Crippen molar-refractivity contribution in [3.05, 3.63) is 53.1 Å². The second-order valence-corrected chi connectivity index (χ2v) is 6.18. The summed E-state index contributed by atoms with van der Waals surface area (Å²) in [6.45, 7) is 0. The average Bonchev–Trinajstić information content (AvgIpc) is 2.47. The maximum absolute atomic E-state index is 12.2. The molecule has 0 heterocycles. The van der Waals surface area contributed by atoms with Crippen molar-refractivity contribution in [2.45, 2.75) is 4.90 Å². The molecular formula is C14H11ClN2O3S. The van der Waals surface area contributed by atoms with Crippen LogP contribution in [0.25, 0.3) is 0 Å². The highest BCUT2D eigenvalue weighted by Crippen LogP contribution is 2.28. The van der Waals surface area contributed by atoms with Crippen LogP contribution in [0.2, 0.25) is 5.02 Å². The van der Waals surface area contributed by atoms with Crippen LogP contribution in [0, 0.1) is 11.3 Å². The molecular weight excluding hydrogens is 312 g/mol. The molecule has 108 valence electrons. The number of methoxy groups -OCH3 is 1. The number of nitrogens with zero attached hydrogens (tertiary/aromatic N) is 1. The van der Waals surface area contributed by atoms with Gasteiger partial charge in [0, 0.05) is 0 Å². The van der Waals surface area contributed by atoms with Crippen LogP contribution >= 0.6 is 11.6 Å². The summed E-state index contributed by atoms with van der Waals surface area (Å²) in [4.78, 5) is 0.00786. The number of nitrogens with one attached hydrogen (secondary N) is 1. The topological polar surface area (TPSA) is 79.2 Å². The monoisotopic (exact) mass is 322 g/mol. The molecule has 0 aromatic heterocycles. The number of hydrogen-bond donors (Lipinski definition) is 1. The summed E-state index contributed by atoms with van der Waals surface area (Å²) in [5, 5.41) is 9.11. The summed E-state index contributed by atoms with van der Waals surface area (Å²) in [5.74, 6) is 0.450. The first-order chi connectivity index (χ1) is 9.96. The lowest BCUT2D eigenvalue weighted by atomic mass is 10.2. The Morgan fingerprint density at radius 3 is 2.62 bits per heavy atom. The molecule has 1 N–H and O–H groups in total. The molecule has 0 spiro atoms. The number of anilines is 1. The van der Waals surface area contributed by atoms with Gasteiger partial charge in [-0.25, -0.2) is 8.42 Å². The summed E-state index contributed by atoms with van der Waals surface area (Å²) >= 11 is 5.95. The van der Waals surface area contributed by atoms with Crippen molar-refractivity contribution in [2.24, 2.45) is 0 Å². The summed E-state index contributed by atoms with van der Waals surface area (Å²) < 4.78 is 31.9. The Morgan fingerprint density at radius 2 is 2.00 bits per heavy atom. The molecule has 0 fully saturated rings. The predicted octanol–water partition coefficient (Wildman–Crippen LogP) is 3.02. The molecule has 2 aromatic rings. The van der Waals surface area contributed by atoms with E-state index in [1.165, 1.54) is 43.5 Å². The average molecular weight is 323 g/mol. The first-order valence-electron chi connectivity index (χ1n) is 5.83. The quantitative estimate of drug-likeness (QED) is 0.938. The van der Waals surface area contributed by atoms with Crippen molar-refractivity contribution in [1.29, 1.82) is 5.26 Å². The van der Waals surface area contributed by atoms with Crippen molar-refractivity contribution in [3.8, 4) is 11.8 Å². The van der Waals surface area contributed by atoms with Crippen LogP contribution in [-0.4, -0.2) is 15.5 Å². The molecule has 21 heavy (non-hydrogen) atoms. The van der Waals surface area contributed by atoms with Gasteiger partial charge in [0.1, 0.15) is 5.75 Å². The minimum atomic E-state index is -3.78. The third kappa shape index (κ3) is 3.45. The fourth-order valence-corrected chi connectivity index (χ4v) is 3.03. The summed E-state index contributed by atoms with van der Waals surface area (Å²) in [5.41, 5.74) is 0.578. The number of halogens is 1. The van der Waals surface area contributed by atoms with Crippen molar-refractivity contribution in [1.82, 2.24) is 0 Å². The van der Waals surface area contributed by atoms with Crippen molar-refractivity contribution in [2.75, 3.05) is 11.8 Å². The molecule has 0 aliphatic rings. The van der Waals surface area contributed by atoms with Gasteiger partial charge in [0.2, 0.25) is 0 Å². The van der Waals surface area contributed by atoms with Crippen molar-refractivity contribution >= 4 is 27.3 Å². The number of benzene rings is 2. The van der Waals surface area contributed by atoms with E-state index in [4.69, 9.17) is 21.6 Å². The Bertz CT molecular complexity index is 813. The lowest BCUT2D eigenvalue weighted by molar-refractivity contribution is 0.415. The molecule has 0 radical (unpaired) electrons. The largest absolute Gasteiger partial charge is 0.495 e. The van der Waals surface area contributed by atoms with Crippen LogP contribution in [0.15, 0.2) is 47.4 Å². The Hall–Kier alpha value is -2.23. The summed E-state index contributed by atoms with van der Waals surface area (Å²) in [6, 6.07) is 12.2. The van der Waals surface area contributed by atoms with Crippen LogP contribution in [0.5, 0.6) is 5.75 Å². The van der Waals surface area contributed by atoms with E-state index in [1.54, 1.807) is 6.07 Å². The number of sulfonamides is 1. The highest BCUT2D eigenvalue weighted by molar-refractivity contribution is 7.92. The van der Waals surface area contributed by atoms with Gasteiger partial charge in [-0.1, -0.05) is 17.7 Å². The smallest absolute Gasteiger partial charge is 0.261 e. The summed E-state index contributed by atoms with van der Waals surface area (Å²) in [6.07, 6.45) is 0. The molecule has 0 atom stereocenters. The van der Waals surface area contributed by atoms with Gasteiger partial charge in [-0.05, 0) is 36.4 Å². The van der Waals surface area contributed by atoms with Gasteiger partial charge < -0.3 is 4.74 Å². The molecule has 0 saturated carbocycles. The van der Waals surface area contributed by atoms with E-state index < -0.39 is 10.0 Å². The minimum absolute atomic E-state index is 0.00786. The van der Waals surface area contributed by atoms with Crippen LogP contribution in [0.1, 0.15) is 5.56 Å². The number of nitriles is 1. The molecule has 0 aliphatic heterocycles. The number of hydrogen-bond acceptors (Lipinski definition) is 4. The summed E-state index contributed by atoms with van der Waals surface area (Å²) in [7, 11) is -2.31. The van der Waals surface area contributed by atoms with E-state index in [0.29, 0.717) is 16.5 Å². The normalized spacial score (nSPS) is 10.7. The Morgan fingerprint density at radius 1 is 1.24 bits per heavy atom. The molecule has 0 aliphatic carbocycles. The molecule has 7 heteroatoms. The van der Waals surface area contributed by atoms with E-state index in [0.717, 1.165) is 0 Å². The van der Waals surface area contributed by atoms with Crippen LogP contribution in [0.4, 0.5) is 5.69 Å². The zero-order valence-corrected chi connectivity index (χ0v) is 12.6. The van der Waals surface area contributed by atoms with Crippen molar-refractivity contribution < 1.29 is 13.2 Å². The second-order valence-electron chi connectivity index (χ2n) is 4.09. The molecule has 2 aromatic carbocycles. The van der Waals surface area contributed by atoms with Crippen LogP contribution < -0.4 is 9.46 Å². The van der Waals surface area contributed by atoms with Crippen LogP contribution in [-0.2, 0) is 10.0 Å². The van der Waals surface area contributed by atoms with E-state index in [2.05, 4.69) is 4.72 Å². The van der Waals surface area contributed by atoms with E-state index in [-0.39, 0.29) is 10.5 Å². The third-order valence-corrected chi connectivity index (χ3v) is 4.35. The Labute approximate surface area is 127 Å². The maximum Gasteiger partial charge on any atom is 0.261 e. The second kappa shape index (κ2) is 6.04. The van der Waals surface area contributed by atoms with Crippen molar-refractivity contribution in [3.63, 3.8) is 0 Å². The fraction of sp³-hybridized carbons (Fsp3) is 0.0714. The van der Waals surface area contributed by atoms with Gasteiger partial charge in [-0.15, -0.1) is 0 Å². The van der Waals surface area contributed by atoms with Gasteiger partial charge >= 0.3 is 0 Å². The van der Waals surface area contributed by atoms with Crippen LogP contribution in [0.3, 0.4) is 0 Å². The minimum Gasteiger partial charge on any atom is -0.495 e. The number of rotatable bonds is 4. The molecule has 0 unspecified atom stereocenters. The van der Waals surface area contributed by atoms with E-state index in [1.807, 2.05) is 6.07 Å². The SMILES string of the molecule is COc1ccc(NS(=O)(=O)c2cccc(C#N)c2)cc1Cl. The van der Waals surface area contributed by atoms with E-state index >= 15 is 0 Å². The molecule has 0 amide bonds. The van der Waals surface area contributed by atoms with Gasteiger partial charge in [-0.3, -0.25) is 4.72 Å². The zero-order chi connectivity index (χ0) is 15.5. The predicted molar refractivity (Wildman–Crippen MR) is 80.0 cm³/mol. The molecule has 5 nitrogen and oxygen atoms in total. The lowest BCUT2D eigenvalue weighted by Crippen LogP contribution is -2.13. The first kappa shape index (κ1) is 15.2. The fourth-order valence-electron chi connectivity index (χ4n) is 1.68. The lowest BCUT2D eigenvalue weighted by Gasteiger charge is -2.10. The molecule has 2 rings (SSSR count). The first-order valence-corrected chi connectivity index (χ1v) is 7.69. The Kier molecular flexibility index (Phi) is 4.36. The third-order valence-electron chi connectivity index (χ3n) is 2.68. The molecule has 0 bridgehead atoms. The number of ether oxygens (including phenoxy) is 1. The zero-order valence-electron chi connectivity index (χ0n) is 11.0. The maximum atomic E-state index is 12.2. The highest BCUT2D eigenvalue weighted by Gasteiger charge is 2.15. The molecule has 0 saturated heterocycles. The standard InChI is InChI=1S/C14H11ClN2O3S/c1-20-14-6-5-11(8-13(14)15)17-21(18,19)12-4-2-3-10(7-12)9-16/h2-8,17H,1H3. The Balaban J connectivity index is 2.33. The van der Waals surface area contributed by atoms with E-state index in [9.17, 15) is 8.42 Å². The highest BCUT2D eigenvalue weighted by atomic mass is 35.5. The van der Waals surface area contributed by atoms with Gasteiger partial charge in [0.15, 0.2) is 0 Å². The van der Waals surface area contributed by atoms with Gasteiger partial charge in [-0.2, -0.15) is 5.26 Å². The van der Waals surface area contributed by atoms with Gasteiger partial charge in [0.05, 0.1) is 34.3 Å².